The van der Waals surface area contributed by atoms with E-state index < -0.39 is 10.0 Å². The molecule has 0 unspecified atom stereocenters. The Kier molecular flexibility index (Phi) is 5.01. The Morgan fingerprint density at radius 3 is 2.52 bits per heavy atom. The molecule has 0 fully saturated rings. The minimum Gasteiger partial charge on any atom is -0.241 e. The fourth-order valence-corrected chi connectivity index (χ4v) is 4.00. The summed E-state index contributed by atoms with van der Waals surface area (Å²) in [6.45, 7) is 4.05. The van der Waals surface area contributed by atoms with Gasteiger partial charge in [0.25, 0.3) is 0 Å². The maximum atomic E-state index is 12.5. The van der Waals surface area contributed by atoms with Crippen LogP contribution >= 0.6 is 0 Å². The first kappa shape index (κ1) is 17.4. The molecule has 25 heavy (non-hydrogen) atoms. The van der Waals surface area contributed by atoms with Gasteiger partial charge in [-0.25, -0.2) is 17.8 Å². The standard InChI is InChI=1S/C19H21N3O2S/c1-15-4-5-16(2)19(14-15)25(23,24)21-12-10-17-6-8-18(9-7-17)22-13-3-11-20-22/h3-9,11,13-14,21H,10,12H2,1-2H3. The lowest BCUT2D eigenvalue weighted by atomic mass is 10.1. The molecule has 0 aliphatic carbocycles. The molecule has 0 aliphatic heterocycles. The van der Waals surface area contributed by atoms with Crippen molar-refractivity contribution in [1.82, 2.24) is 14.5 Å². The van der Waals surface area contributed by atoms with Gasteiger partial charge in [-0.1, -0.05) is 24.3 Å². The summed E-state index contributed by atoms with van der Waals surface area (Å²) >= 11 is 0. The number of nitrogens with one attached hydrogen (secondary N) is 1. The quantitative estimate of drug-likeness (QED) is 0.739. The average molecular weight is 355 g/mol. The zero-order valence-corrected chi connectivity index (χ0v) is 15.1. The van der Waals surface area contributed by atoms with Crippen LogP contribution in [0.1, 0.15) is 16.7 Å². The number of sulfonamides is 1. The summed E-state index contributed by atoms with van der Waals surface area (Å²) in [5, 5.41) is 4.18. The largest absolute Gasteiger partial charge is 0.241 e. The lowest BCUT2D eigenvalue weighted by Gasteiger charge is -2.10. The molecule has 1 aromatic heterocycles. The van der Waals surface area contributed by atoms with Crippen molar-refractivity contribution in [3.8, 4) is 5.69 Å². The molecule has 2 aromatic carbocycles. The van der Waals surface area contributed by atoms with E-state index in [1.807, 2.05) is 62.5 Å². The zero-order chi connectivity index (χ0) is 17.9. The first-order valence-corrected chi connectivity index (χ1v) is 9.60. The highest BCUT2D eigenvalue weighted by Gasteiger charge is 2.16. The molecule has 3 aromatic rings. The normalized spacial score (nSPS) is 11.6. The third-order valence-electron chi connectivity index (χ3n) is 4.04. The zero-order valence-electron chi connectivity index (χ0n) is 14.3. The van der Waals surface area contributed by atoms with Crippen LogP contribution < -0.4 is 4.72 Å². The molecule has 1 N–H and O–H groups in total. The second-order valence-corrected chi connectivity index (χ2v) is 7.77. The first-order valence-electron chi connectivity index (χ1n) is 8.11. The van der Waals surface area contributed by atoms with Gasteiger partial charge < -0.3 is 0 Å². The maximum absolute atomic E-state index is 12.5. The van der Waals surface area contributed by atoms with Crippen LogP contribution in [0.3, 0.4) is 0 Å². The molecular weight excluding hydrogens is 334 g/mol. The van der Waals surface area contributed by atoms with E-state index in [4.69, 9.17) is 0 Å². The minimum atomic E-state index is -3.49. The van der Waals surface area contributed by atoms with Gasteiger partial charge in [0.1, 0.15) is 0 Å². The predicted molar refractivity (Wildman–Crippen MR) is 98.4 cm³/mol. The molecule has 0 spiro atoms. The van der Waals surface area contributed by atoms with Crippen molar-refractivity contribution >= 4 is 10.0 Å². The molecule has 3 rings (SSSR count). The summed E-state index contributed by atoms with van der Waals surface area (Å²) in [6, 6.07) is 15.2. The summed E-state index contributed by atoms with van der Waals surface area (Å²) in [5.41, 5.74) is 3.73. The molecule has 0 aliphatic rings. The van der Waals surface area contributed by atoms with Gasteiger partial charge in [-0.3, -0.25) is 0 Å². The molecule has 130 valence electrons. The van der Waals surface area contributed by atoms with Crippen molar-refractivity contribution in [2.24, 2.45) is 0 Å². The number of aromatic nitrogens is 2. The lowest BCUT2D eigenvalue weighted by molar-refractivity contribution is 0.581. The van der Waals surface area contributed by atoms with Gasteiger partial charge in [-0.15, -0.1) is 0 Å². The van der Waals surface area contributed by atoms with Gasteiger partial charge in [0.2, 0.25) is 10.0 Å². The van der Waals surface area contributed by atoms with Crippen molar-refractivity contribution in [3.63, 3.8) is 0 Å². The smallest absolute Gasteiger partial charge is 0.240 e. The fourth-order valence-electron chi connectivity index (χ4n) is 2.64. The molecular formula is C19H21N3O2S. The van der Waals surface area contributed by atoms with Crippen molar-refractivity contribution in [3.05, 3.63) is 77.6 Å². The fraction of sp³-hybridized carbons (Fsp3) is 0.211. The van der Waals surface area contributed by atoms with E-state index in [1.165, 1.54) is 0 Å². The van der Waals surface area contributed by atoms with Gasteiger partial charge in [0.15, 0.2) is 0 Å². The van der Waals surface area contributed by atoms with Crippen molar-refractivity contribution in [2.45, 2.75) is 25.2 Å². The molecule has 0 atom stereocenters. The molecule has 0 saturated carbocycles. The van der Waals surface area contributed by atoms with Crippen LogP contribution in [0.4, 0.5) is 0 Å². The highest BCUT2D eigenvalue weighted by Crippen LogP contribution is 2.16. The van der Waals surface area contributed by atoms with Gasteiger partial charge in [0.05, 0.1) is 10.6 Å². The van der Waals surface area contributed by atoms with Gasteiger partial charge in [0, 0.05) is 18.9 Å². The topological polar surface area (TPSA) is 64.0 Å². The molecule has 0 amide bonds. The van der Waals surface area contributed by atoms with E-state index in [0.29, 0.717) is 17.9 Å². The molecule has 1 heterocycles. The number of rotatable bonds is 6. The monoisotopic (exact) mass is 355 g/mol. The Morgan fingerprint density at radius 2 is 1.84 bits per heavy atom. The maximum Gasteiger partial charge on any atom is 0.240 e. The van der Waals surface area contributed by atoms with Crippen LogP contribution in [0.25, 0.3) is 5.69 Å². The van der Waals surface area contributed by atoms with E-state index in [-0.39, 0.29) is 0 Å². The van der Waals surface area contributed by atoms with E-state index >= 15 is 0 Å². The summed E-state index contributed by atoms with van der Waals surface area (Å²) in [7, 11) is -3.49. The Hall–Kier alpha value is -2.44. The summed E-state index contributed by atoms with van der Waals surface area (Å²) in [6.07, 6.45) is 4.24. The molecule has 0 saturated heterocycles. The van der Waals surface area contributed by atoms with E-state index in [0.717, 1.165) is 22.4 Å². The van der Waals surface area contributed by atoms with Crippen LogP contribution in [0.5, 0.6) is 0 Å². The summed E-state index contributed by atoms with van der Waals surface area (Å²) in [5.74, 6) is 0. The number of benzene rings is 2. The van der Waals surface area contributed by atoms with Crippen molar-refractivity contribution in [1.29, 1.82) is 0 Å². The lowest BCUT2D eigenvalue weighted by Crippen LogP contribution is -2.26. The summed E-state index contributed by atoms with van der Waals surface area (Å²) in [4.78, 5) is 0.349. The molecule has 0 bridgehead atoms. The first-order chi connectivity index (χ1) is 12.0. The number of hydrogen-bond donors (Lipinski definition) is 1. The van der Waals surface area contributed by atoms with Gasteiger partial charge in [-0.2, -0.15) is 5.10 Å². The second kappa shape index (κ2) is 7.21. The van der Waals surface area contributed by atoms with Gasteiger partial charge >= 0.3 is 0 Å². The van der Waals surface area contributed by atoms with Crippen LogP contribution in [-0.2, 0) is 16.4 Å². The highest BCUT2D eigenvalue weighted by atomic mass is 32.2. The minimum absolute atomic E-state index is 0.349. The Morgan fingerprint density at radius 1 is 1.08 bits per heavy atom. The van der Waals surface area contributed by atoms with Crippen LogP contribution in [0.2, 0.25) is 0 Å². The van der Waals surface area contributed by atoms with Crippen LogP contribution in [-0.4, -0.2) is 24.7 Å². The molecule has 0 radical (unpaired) electrons. The SMILES string of the molecule is Cc1ccc(C)c(S(=O)(=O)NCCc2ccc(-n3cccn3)cc2)c1. The molecule has 6 heteroatoms. The third-order valence-corrected chi connectivity index (χ3v) is 5.65. The Balaban J connectivity index is 1.63. The average Bonchev–Trinajstić information content (AvgIpc) is 3.12. The predicted octanol–water partition coefficient (Wildman–Crippen LogP) is 3.01. The van der Waals surface area contributed by atoms with Crippen LogP contribution in [0, 0.1) is 13.8 Å². The third kappa shape index (κ3) is 4.15. The number of hydrogen-bond acceptors (Lipinski definition) is 3. The van der Waals surface area contributed by atoms with Gasteiger partial charge in [-0.05, 0) is 61.2 Å². The Bertz CT molecular complexity index is 947. The van der Waals surface area contributed by atoms with Crippen molar-refractivity contribution < 1.29 is 8.42 Å². The van der Waals surface area contributed by atoms with E-state index in [1.54, 1.807) is 16.9 Å². The molecule has 5 nitrogen and oxygen atoms in total. The van der Waals surface area contributed by atoms with Crippen LogP contribution in [0.15, 0.2) is 65.8 Å². The van der Waals surface area contributed by atoms with E-state index in [2.05, 4.69) is 9.82 Å². The second-order valence-electron chi connectivity index (χ2n) is 6.03. The highest BCUT2D eigenvalue weighted by molar-refractivity contribution is 7.89. The Labute approximate surface area is 148 Å². The summed E-state index contributed by atoms with van der Waals surface area (Å²) < 4.78 is 29.4. The number of aryl methyl sites for hydroxylation is 2. The number of nitrogens with zero attached hydrogens (tertiary/aromatic N) is 2. The van der Waals surface area contributed by atoms with E-state index in [9.17, 15) is 8.42 Å². The van der Waals surface area contributed by atoms with Crippen molar-refractivity contribution in [2.75, 3.05) is 6.54 Å².